The van der Waals surface area contributed by atoms with Crippen LogP contribution < -0.4 is 11.1 Å². The summed E-state index contributed by atoms with van der Waals surface area (Å²) in [5, 5.41) is 9.35. The molecule has 2 saturated carbocycles. The second-order valence-electron chi connectivity index (χ2n) is 10.6. The Hall–Kier alpha value is -4.41. The van der Waals surface area contributed by atoms with Gasteiger partial charge in [-0.1, -0.05) is 46.6 Å². The van der Waals surface area contributed by atoms with Gasteiger partial charge in [0.1, 0.15) is 12.1 Å². The Bertz CT molecular complexity index is 1520. The number of amides is 1. The monoisotopic (exact) mass is 607 g/mol. The Labute approximate surface area is 256 Å². The van der Waals surface area contributed by atoms with Crippen LogP contribution in [0.1, 0.15) is 87.8 Å². The number of carbonyl (C=O) groups excluding carboxylic acids is 1. The molecule has 0 saturated heterocycles. The number of rotatable bonds is 5. The first-order valence-electron chi connectivity index (χ1n) is 14.9. The minimum absolute atomic E-state index is 0.323. The number of nitrogen functional groups attached to an aromatic ring is 1. The third-order valence-electron chi connectivity index (χ3n) is 7.16. The van der Waals surface area contributed by atoms with E-state index in [0.29, 0.717) is 29.5 Å². The number of pyridine rings is 1. The zero-order chi connectivity index (χ0) is 32.3. The summed E-state index contributed by atoms with van der Waals surface area (Å²) in [5.41, 5.74) is 9.33. The van der Waals surface area contributed by atoms with Gasteiger partial charge in [0, 0.05) is 35.3 Å². The van der Waals surface area contributed by atoms with Crippen molar-refractivity contribution >= 4 is 17.4 Å². The third-order valence-corrected chi connectivity index (χ3v) is 7.16. The van der Waals surface area contributed by atoms with Crippen molar-refractivity contribution in [2.75, 3.05) is 11.1 Å². The minimum atomic E-state index is -4.63. The van der Waals surface area contributed by atoms with Crippen molar-refractivity contribution in [1.29, 1.82) is 0 Å². The summed E-state index contributed by atoms with van der Waals surface area (Å²) in [5.74, 6) is -0.490. The normalized spacial score (nSPS) is 13.6. The molecule has 3 N–H and O–H groups in total. The molecule has 234 valence electrons. The maximum atomic E-state index is 12.9. The van der Waals surface area contributed by atoms with Crippen LogP contribution in [0.15, 0.2) is 61.3 Å². The number of alkyl halides is 3. The van der Waals surface area contributed by atoms with Crippen LogP contribution in [0.5, 0.6) is 0 Å². The van der Waals surface area contributed by atoms with E-state index in [4.69, 9.17) is 5.73 Å². The lowest BCUT2D eigenvalue weighted by Crippen LogP contribution is -2.16. The molecule has 1 aromatic carbocycles. The Balaban J connectivity index is 0.000000405. The van der Waals surface area contributed by atoms with Crippen LogP contribution in [0.25, 0.3) is 22.4 Å². The molecule has 8 nitrogen and oxygen atoms in total. The molecule has 0 unspecified atom stereocenters. The molecule has 0 bridgehead atoms. The quantitative estimate of drug-likeness (QED) is 0.233. The highest BCUT2D eigenvalue weighted by atomic mass is 19.4. The zero-order valence-electron chi connectivity index (χ0n) is 25.9. The number of carbonyl (C=O) groups is 1. The van der Waals surface area contributed by atoms with Crippen molar-refractivity contribution in [3.8, 4) is 22.4 Å². The fourth-order valence-corrected chi connectivity index (χ4v) is 3.95. The van der Waals surface area contributed by atoms with E-state index >= 15 is 0 Å². The van der Waals surface area contributed by atoms with Crippen LogP contribution in [0.4, 0.5) is 24.7 Å². The molecule has 1 amide bonds. The summed E-state index contributed by atoms with van der Waals surface area (Å²) in [6, 6.07) is 9.25. The van der Waals surface area contributed by atoms with Crippen LogP contribution in [-0.4, -0.2) is 31.1 Å². The van der Waals surface area contributed by atoms with E-state index in [0.717, 1.165) is 27.7 Å². The van der Waals surface area contributed by atoms with Gasteiger partial charge < -0.3 is 11.1 Å². The number of anilines is 2. The van der Waals surface area contributed by atoms with E-state index in [2.05, 4.69) is 44.3 Å². The SMILES string of the molecule is C1CC12CC2.CC.CCCC.Cc1ccc(NC(=O)c2cc(C(F)(F)F)cnn2)cc1-c1cncc(-c2cc(N)ncn2)c1. The fraction of sp³-hybridized carbons (Fsp3) is 0.394. The maximum absolute atomic E-state index is 12.9. The first-order valence-corrected chi connectivity index (χ1v) is 14.9. The number of nitrogens with one attached hydrogen (secondary N) is 1. The molecule has 3 aromatic heterocycles. The van der Waals surface area contributed by atoms with Gasteiger partial charge in [-0.05, 0) is 73.4 Å². The smallest absolute Gasteiger partial charge is 0.384 e. The highest BCUT2D eigenvalue weighted by Crippen LogP contribution is 2.65. The maximum Gasteiger partial charge on any atom is 0.418 e. The van der Waals surface area contributed by atoms with Gasteiger partial charge in [-0.3, -0.25) is 9.78 Å². The minimum Gasteiger partial charge on any atom is -0.384 e. The number of hydrogen-bond acceptors (Lipinski definition) is 7. The summed E-state index contributed by atoms with van der Waals surface area (Å²) in [7, 11) is 0. The zero-order valence-corrected chi connectivity index (χ0v) is 25.9. The molecule has 3 heterocycles. The van der Waals surface area contributed by atoms with Crippen LogP contribution >= 0.6 is 0 Å². The van der Waals surface area contributed by atoms with Gasteiger partial charge in [0.25, 0.3) is 5.91 Å². The predicted molar refractivity (Wildman–Crippen MR) is 168 cm³/mol. The lowest BCUT2D eigenvalue weighted by molar-refractivity contribution is -0.137. The standard InChI is InChI=1S/C22H16F3N7O.C5H8.C4H10.C2H6/c1-12-2-3-16(31-21(33)19-5-15(10-30-32-19)22(23,24)25)6-17(12)13-4-14(9-27-8-13)18-7-20(26)29-11-28-18;1-2-5(1)3-4-5;1-3-4-2;1-2/h2-11H,1H3,(H,31,33)(H2,26,28,29);1-4H2;3-4H2,1-2H3;1-2H3. The van der Waals surface area contributed by atoms with Crippen molar-refractivity contribution in [2.24, 2.45) is 5.41 Å². The van der Waals surface area contributed by atoms with Crippen molar-refractivity contribution < 1.29 is 18.0 Å². The first kappa shape index (κ1) is 34.1. The van der Waals surface area contributed by atoms with Crippen molar-refractivity contribution in [3.05, 3.63) is 78.1 Å². The van der Waals surface area contributed by atoms with Crippen molar-refractivity contribution in [3.63, 3.8) is 0 Å². The first-order chi connectivity index (χ1) is 21.0. The average molecular weight is 608 g/mol. The number of unbranched alkanes of at least 4 members (excludes halogenated alkanes) is 1. The van der Waals surface area contributed by atoms with E-state index in [-0.39, 0.29) is 0 Å². The van der Waals surface area contributed by atoms with Gasteiger partial charge in [-0.25, -0.2) is 9.97 Å². The Morgan fingerprint density at radius 2 is 1.59 bits per heavy atom. The van der Waals surface area contributed by atoms with E-state index in [1.165, 1.54) is 19.2 Å². The fourth-order valence-electron chi connectivity index (χ4n) is 3.95. The number of aryl methyl sites for hydroxylation is 1. The molecular weight excluding hydrogens is 567 g/mol. The van der Waals surface area contributed by atoms with Crippen molar-refractivity contribution in [1.82, 2.24) is 25.1 Å². The molecule has 4 aromatic rings. The Morgan fingerprint density at radius 3 is 2.16 bits per heavy atom. The van der Waals surface area contributed by atoms with Crippen molar-refractivity contribution in [2.45, 2.75) is 79.3 Å². The highest BCUT2D eigenvalue weighted by molar-refractivity contribution is 6.03. The molecular formula is C33H40F3N7O. The van der Waals surface area contributed by atoms with E-state index in [1.54, 1.807) is 62.3 Å². The number of aromatic nitrogens is 5. The molecule has 44 heavy (non-hydrogen) atoms. The second kappa shape index (κ2) is 15.4. The van der Waals surface area contributed by atoms with Gasteiger partial charge >= 0.3 is 6.18 Å². The molecule has 2 aliphatic carbocycles. The van der Waals surface area contributed by atoms with E-state index in [1.807, 2.05) is 26.8 Å². The summed E-state index contributed by atoms with van der Waals surface area (Å²) < 4.78 is 38.7. The summed E-state index contributed by atoms with van der Waals surface area (Å²) >= 11 is 0. The van der Waals surface area contributed by atoms with E-state index < -0.39 is 23.3 Å². The van der Waals surface area contributed by atoms with Crippen LogP contribution in [-0.2, 0) is 6.18 Å². The molecule has 0 aliphatic heterocycles. The number of halogens is 3. The van der Waals surface area contributed by atoms with Gasteiger partial charge in [-0.2, -0.15) is 18.3 Å². The lowest BCUT2D eigenvalue weighted by atomic mass is 9.99. The summed E-state index contributed by atoms with van der Waals surface area (Å²) in [6.45, 7) is 10.2. The third kappa shape index (κ3) is 9.82. The molecule has 11 heteroatoms. The number of hydrogen-bond donors (Lipinski definition) is 2. The van der Waals surface area contributed by atoms with Gasteiger partial charge in [0.05, 0.1) is 17.5 Å². The van der Waals surface area contributed by atoms with Gasteiger partial charge in [0.2, 0.25) is 0 Å². The van der Waals surface area contributed by atoms with Gasteiger partial charge in [0.15, 0.2) is 5.69 Å². The van der Waals surface area contributed by atoms with Gasteiger partial charge in [-0.15, -0.1) is 5.10 Å². The predicted octanol–water partition coefficient (Wildman–Crippen LogP) is 8.55. The van der Waals surface area contributed by atoms with Crippen LogP contribution in [0.3, 0.4) is 0 Å². The van der Waals surface area contributed by atoms with Crippen LogP contribution in [0, 0.1) is 12.3 Å². The summed E-state index contributed by atoms with van der Waals surface area (Å²) in [4.78, 5) is 24.8. The Kier molecular flexibility index (Phi) is 11.9. The molecule has 1 spiro atoms. The molecule has 2 fully saturated rings. The second-order valence-corrected chi connectivity index (χ2v) is 10.6. The Morgan fingerprint density at radius 1 is 0.932 bits per heavy atom. The summed E-state index contributed by atoms with van der Waals surface area (Å²) in [6.07, 6.45) is 9.47. The number of benzene rings is 1. The molecule has 2 aliphatic rings. The lowest BCUT2D eigenvalue weighted by Gasteiger charge is -2.12. The average Bonchev–Trinajstić information content (AvgIpc) is 3.98. The van der Waals surface area contributed by atoms with E-state index in [9.17, 15) is 18.0 Å². The topological polar surface area (TPSA) is 120 Å². The molecule has 6 rings (SSSR count). The van der Waals surface area contributed by atoms with Crippen LogP contribution in [0.2, 0.25) is 0 Å². The highest BCUT2D eigenvalue weighted by Gasteiger charge is 2.52. The number of nitrogens with two attached hydrogens (primary N) is 1. The molecule has 0 radical (unpaired) electrons. The number of nitrogens with zero attached hydrogens (tertiary/aromatic N) is 5. The largest absolute Gasteiger partial charge is 0.418 e. The molecule has 0 atom stereocenters.